The molecule has 24 heavy (non-hydrogen) atoms. The van der Waals surface area contributed by atoms with Crippen molar-refractivity contribution in [3.8, 4) is 5.75 Å². The molecular weight excluding hydrogens is 304 g/mol. The van der Waals surface area contributed by atoms with Crippen molar-refractivity contribution in [2.24, 2.45) is 5.92 Å². The number of aryl methyl sites for hydroxylation is 1. The van der Waals surface area contributed by atoms with Gasteiger partial charge in [-0.2, -0.15) is 0 Å². The summed E-state index contributed by atoms with van der Waals surface area (Å²) < 4.78 is 11.1. The number of amides is 2. The summed E-state index contributed by atoms with van der Waals surface area (Å²) in [6.45, 7) is 5.14. The first-order chi connectivity index (χ1) is 11.7. The van der Waals surface area contributed by atoms with E-state index in [0.717, 1.165) is 49.4 Å². The molecule has 0 radical (unpaired) electrons. The summed E-state index contributed by atoms with van der Waals surface area (Å²) in [7, 11) is 1.67. The van der Waals surface area contributed by atoms with Crippen LogP contribution in [0.1, 0.15) is 36.8 Å². The zero-order valence-electron chi connectivity index (χ0n) is 14.7. The van der Waals surface area contributed by atoms with Crippen LogP contribution in [0.2, 0.25) is 0 Å². The number of carbonyl (C=O) groups is 1. The van der Waals surface area contributed by atoms with Gasteiger partial charge in [-0.05, 0) is 55.7 Å². The molecule has 0 aromatic heterocycles. The van der Waals surface area contributed by atoms with Gasteiger partial charge in [0.15, 0.2) is 0 Å². The summed E-state index contributed by atoms with van der Waals surface area (Å²) in [6.07, 6.45) is 4.91. The van der Waals surface area contributed by atoms with Gasteiger partial charge in [-0.3, -0.25) is 0 Å². The summed E-state index contributed by atoms with van der Waals surface area (Å²) in [6, 6.07) is 6.04. The molecular formula is C19H28N2O3. The number of likely N-dealkylation sites (tertiary alicyclic amines) is 1. The second-order valence-electron chi connectivity index (χ2n) is 6.84. The van der Waals surface area contributed by atoms with Crippen LogP contribution in [-0.4, -0.2) is 43.8 Å². The van der Waals surface area contributed by atoms with Crippen LogP contribution in [0.15, 0.2) is 18.2 Å². The number of nitrogens with zero attached hydrogens (tertiary/aromatic N) is 1. The van der Waals surface area contributed by atoms with Crippen molar-refractivity contribution >= 4 is 6.03 Å². The maximum Gasteiger partial charge on any atom is 0.317 e. The normalized spacial score (nSPS) is 21.8. The van der Waals surface area contributed by atoms with Gasteiger partial charge in [-0.1, -0.05) is 12.1 Å². The van der Waals surface area contributed by atoms with Crippen molar-refractivity contribution in [2.75, 3.05) is 26.8 Å². The van der Waals surface area contributed by atoms with Crippen molar-refractivity contribution in [1.29, 1.82) is 0 Å². The van der Waals surface area contributed by atoms with Crippen LogP contribution in [0.3, 0.4) is 0 Å². The van der Waals surface area contributed by atoms with Crippen LogP contribution in [0.4, 0.5) is 4.79 Å². The highest BCUT2D eigenvalue weighted by Crippen LogP contribution is 2.28. The summed E-state index contributed by atoms with van der Waals surface area (Å²) in [5, 5.41) is 3.03. The second-order valence-corrected chi connectivity index (χ2v) is 6.84. The molecule has 2 heterocycles. The molecule has 5 heteroatoms. The number of nitrogens with one attached hydrogen (secondary N) is 1. The Labute approximate surface area is 144 Å². The molecule has 2 aliphatic heterocycles. The van der Waals surface area contributed by atoms with Crippen molar-refractivity contribution in [2.45, 2.75) is 45.3 Å². The van der Waals surface area contributed by atoms with Gasteiger partial charge < -0.3 is 19.7 Å². The fourth-order valence-corrected chi connectivity index (χ4v) is 3.79. The van der Waals surface area contributed by atoms with E-state index in [2.05, 4.69) is 11.4 Å². The van der Waals surface area contributed by atoms with E-state index in [0.29, 0.717) is 18.6 Å². The molecule has 2 amide bonds. The van der Waals surface area contributed by atoms with Gasteiger partial charge in [0.25, 0.3) is 0 Å². The second kappa shape index (κ2) is 7.88. The standard InChI is InChI=1S/C19H28N2O3/c1-14-12-15(5-6-17(14)23-2)13-20-19(22)21-9-7-16(8-10-21)18-4-3-11-24-18/h5-6,12,16,18H,3-4,7-11,13H2,1-2H3,(H,20,22)/t18-/m0/s1. The highest BCUT2D eigenvalue weighted by molar-refractivity contribution is 5.74. The molecule has 0 unspecified atom stereocenters. The predicted octanol–water partition coefficient (Wildman–Crippen LogP) is 3.10. The van der Waals surface area contributed by atoms with Gasteiger partial charge >= 0.3 is 6.03 Å². The number of methoxy groups -OCH3 is 1. The molecule has 0 aliphatic carbocycles. The number of urea groups is 1. The minimum atomic E-state index is 0.0364. The van der Waals surface area contributed by atoms with Gasteiger partial charge in [0.05, 0.1) is 13.2 Å². The van der Waals surface area contributed by atoms with E-state index in [4.69, 9.17) is 9.47 Å². The third-order valence-corrected chi connectivity index (χ3v) is 5.22. The average Bonchev–Trinajstić information content (AvgIpc) is 3.14. The van der Waals surface area contributed by atoms with Gasteiger partial charge in [0, 0.05) is 26.2 Å². The molecule has 1 aromatic rings. The van der Waals surface area contributed by atoms with Gasteiger partial charge in [-0.15, -0.1) is 0 Å². The number of piperidine rings is 1. The monoisotopic (exact) mass is 332 g/mol. The van der Waals surface area contributed by atoms with E-state index in [1.807, 2.05) is 24.0 Å². The van der Waals surface area contributed by atoms with Crippen LogP contribution in [0, 0.1) is 12.8 Å². The third-order valence-electron chi connectivity index (χ3n) is 5.22. The van der Waals surface area contributed by atoms with Crippen LogP contribution < -0.4 is 10.1 Å². The molecule has 1 N–H and O–H groups in total. The number of carbonyl (C=O) groups excluding carboxylic acids is 1. The number of rotatable bonds is 4. The Balaban J connectivity index is 1.45. The molecule has 1 aromatic carbocycles. The Morgan fingerprint density at radius 3 is 2.75 bits per heavy atom. The summed E-state index contributed by atoms with van der Waals surface area (Å²) in [5.41, 5.74) is 2.18. The Kier molecular flexibility index (Phi) is 5.61. The van der Waals surface area contributed by atoms with E-state index in [1.165, 1.54) is 12.8 Å². The maximum absolute atomic E-state index is 12.4. The largest absolute Gasteiger partial charge is 0.496 e. The molecule has 1 atom stereocenters. The first kappa shape index (κ1) is 17.1. The van der Waals surface area contributed by atoms with E-state index < -0.39 is 0 Å². The lowest BCUT2D eigenvalue weighted by atomic mass is 9.90. The summed E-state index contributed by atoms with van der Waals surface area (Å²) in [5.74, 6) is 1.50. The maximum atomic E-state index is 12.4. The quantitative estimate of drug-likeness (QED) is 0.922. The minimum Gasteiger partial charge on any atom is -0.496 e. The lowest BCUT2D eigenvalue weighted by molar-refractivity contribution is 0.0372. The zero-order valence-corrected chi connectivity index (χ0v) is 14.7. The molecule has 0 spiro atoms. The van der Waals surface area contributed by atoms with Crippen molar-refractivity contribution < 1.29 is 14.3 Å². The van der Waals surface area contributed by atoms with Crippen LogP contribution >= 0.6 is 0 Å². The number of hydrogen-bond acceptors (Lipinski definition) is 3. The van der Waals surface area contributed by atoms with Gasteiger partial charge in [-0.25, -0.2) is 4.79 Å². The van der Waals surface area contributed by atoms with E-state index in [9.17, 15) is 4.79 Å². The Morgan fingerprint density at radius 1 is 1.33 bits per heavy atom. The van der Waals surface area contributed by atoms with Crippen LogP contribution in [-0.2, 0) is 11.3 Å². The topological polar surface area (TPSA) is 50.8 Å². The van der Waals surface area contributed by atoms with Crippen LogP contribution in [0.5, 0.6) is 5.75 Å². The first-order valence-corrected chi connectivity index (χ1v) is 8.95. The SMILES string of the molecule is COc1ccc(CNC(=O)N2CCC([C@@H]3CCCO3)CC2)cc1C. The Bertz CT molecular complexity index is 562. The van der Waals surface area contributed by atoms with Crippen molar-refractivity contribution in [1.82, 2.24) is 10.2 Å². The van der Waals surface area contributed by atoms with Crippen molar-refractivity contribution in [3.05, 3.63) is 29.3 Å². The fraction of sp³-hybridized carbons (Fsp3) is 0.632. The molecule has 2 fully saturated rings. The minimum absolute atomic E-state index is 0.0364. The van der Waals surface area contributed by atoms with Crippen LogP contribution in [0.25, 0.3) is 0 Å². The molecule has 0 saturated carbocycles. The van der Waals surface area contributed by atoms with E-state index >= 15 is 0 Å². The highest BCUT2D eigenvalue weighted by Gasteiger charge is 2.30. The molecule has 132 valence electrons. The molecule has 5 nitrogen and oxygen atoms in total. The first-order valence-electron chi connectivity index (χ1n) is 8.95. The third kappa shape index (κ3) is 4.01. The van der Waals surface area contributed by atoms with Gasteiger partial charge in [0.2, 0.25) is 0 Å². The Morgan fingerprint density at radius 2 is 2.12 bits per heavy atom. The fourth-order valence-electron chi connectivity index (χ4n) is 3.79. The number of benzene rings is 1. The predicted molar refractivity (Wildman–Crippen MR) is 93.2 cm³/mol. The molecule has 0 bridgehead atoms. The smallest absolute Gasteiger partial charge is 0.317 e. The van der Waals surface area contributed by atoms with Crippen molar-refractivity contribution in [3.63, 3.8) is 0 Å². The highest BCUT2D eigenvalue weighted by atomic mass is 16.5. The number of ether oxygens (including phenoxy) is 2. The number of hydrogen-bond donors (Lipinski definition) is 1. The zero-order chi connectivity index (χ0) is 16.9. The lowest BCUT2D eigenvalue weighted by Gasteiger charge is -2.34. The lowest BCUT2D eigenvalue weighted by Crippen LogP contribution is -2.45. The molecule has 3 rings (SSSR count). The Hall–Kier alpha value is -1.75. The van der Waals surface area contributed by atoms with Gasteiger partial charge in [0.1, 0.15) is 5.75 Å². The molecule has 2 aliphatic rings. The van der Waals surface area contributed by atoms with E-state index in [-0.39, 0.29) is 6.03 Å². The summed E-state index contributed by atoms with van der Waals surface area (Å²) >= 11 is 0. The average molecular weight is 332 g/mol. The molecule has 2 saturated heterocycles. The van der Waals surface area contributed by atoms with E-state index in [1.54, 1.807) is 7.11 Å². The summed E-state index contributed by atoms with van der Waals surface area (Å²) in [4.78, 5) is 14.3.